The van der Waals surface area contributed by atoms with Crippen molar-refractivity contribution < 1.29 is 5.11 Å². The van der Waals surface area contributed by atoms with Crippen molar-refractivity contribution in [2.45, 2.75) is 20.4 Å². The smallest absolute Gasteiger partial charge is 0.115 e. The van der Waals surface area contributed by atoms with Crippen LogP contribution in [-0.4, -0.2) is 23.1 Å². The Morgan fingerprint density at radius 1 is 0.862 bits per heavy atom. The summed E-state index contributed by atoms with van der Waals surface area (Å²) in [7, 11) is 0. The summed E-state index contributed by atoms with van der Waals surface area (Å²) in [6, 6.07) is 28.7. The van der Waals surface area contributed by atoms with E-state index in [1.165, 1.54) is 22.3 Å². The summed E-state index contributed by atoms with van der Waals surface area (Å²) >= 11 is 0. The number of nitrogens with zero attached hydrogens (tertiary/aromatic N) is 1. The molecule has 2 heteroatoms. The number of benzene rings is 3. The third-order valence-corrected chi connectivity index (χ3v) is 4.99. The van der Waals surface area contributed by atoms with Crippen LogP contribution in [0.3, 0.4) is 0 Å². The fraction of sp³-hybridized carbons (Fsp3) is 0.185. The van der Waals surface area contributed by atoms with Gasteiger partial charge in [0.1, 0.15) is 5.75 Å². The van der Waals surface area contributed by atoms with Gasteiger partial charge >= 0.3 is 0 Å². The molecule has 1 atom stereocenters. The lowest BCUT2D eigenvalue weighted by molar-refractivity contribution is 0.260. The first-order chi connectivity index (χ1) is 13.7. The molecule has 0 fully saturated rings. The summed E-state index contributed by atoms with van der Waals surface area (Å²) in [4.78, 5) is 2.37. The predicted molar refractivity (Wildman–Crippen MR) is 125 cm³/mol. The zero-order valence-corrected chi connectivity index (χ0v) is 16.3. The molecular formula is C27H31NO. The van der Waals surface area contributed by atoms with Crippen LogP contribution in [0.5, 0.6) is 5.75 Å². The average Bonchev–Trinajstić information content (AvgIpc) is 2.75. The Bertz CT molecular complexity index is 857. The van der Waals surface area contributed by atoms with E-state index in [0.717, 1.165) is 13.1 Å². The highest BCUT2D eigenvalue weighted by Crippen LogP contribution is 2.26. The fourth-order valence-corrected chi connectivity index (χ4v) is 3.37. The summed E-state index contributed by atoms with van der Waals surface area (Å²) in [6.45, 7) is 7.71. The number of phenols is 1. The van der Waals surface area contributed by atoms with Crippen molar-refractivity contribution in [1.82, 2.24) is 4.90 Å². The molecule has 0 aliphatic carbocycles. The van der Waals surface area contributed by atoms with Crippen LogP contribution < -0.4 is 0 Å². The highest BCUT2D eigenvalue weighted by atomic mass is 16.3. The maximum atomic E-state index is 9.57. The second-order valence-electron chi connectivity index (χ2n) is 6.86. The Hall–Kier alpha value is -3.10. The third-order valence-electron chi connectivity index (χ3n) is 4.99. The minimum absolute atomic E-state index is 0. The normalized spacial score (nSPS) is 11.4. The number of hydrogen-bond acceptors (Lipinski definition) is 2. The van der Waals surface area contributed by atoms with Crippen LogP contribution in [0, 0.1) is 0 Å². The van der Waals surface area contributed by atoms with Gasteiger partial charge in [-0.05, 0) is 41.3 Å². The molecule has 0 spiro atoms. The quantitative estimate of drug-likeness (QED) is 0.436. The molecule has 29 heavy (non-hydrogen) atoms. The van der Waals surface area contributed by atoms with E-state index in [2.05, 4.69) is 73.0 Å². The van der Waals surface area contributed by atoms with Gasteiger partial charge < -0.3 is 5.11 Å². The Morgan fingerprint density at radius 2 is 1.38 bits per heavy atom. The van der Waals surface area contributed by atoms with Crippen molar-refractivity contribution in [2.75, 3.05) is 13.1 Å². The van der Waals surface area contributed by atoms with Gasteiger partial charge in [0.15, 0.2) is 0 Å². The van der Waals surface area contributed by atoms with E-state index in [4.69, 9.17) is 0 Å². The molecule has 0 aliphatic heterocycles. The van der Waals surface area contributed by atoms with E-state index in [0.29, 0.717) is 5.75 Å². The van der Waals surface area contributed by atoms with Gasteiger partial charge in [0.2, 0.25) is 0 Å². The van der Waals surface area contributed by atoms with E-state index in [-0.39, 0.29) is 13.5 Å². The molecule has 0 heterocycles. The molecule has 3 aromatic carbocycles. The first-order valence-electron chi connectivity index (χ1n) is 9.64. The van der Waals surface area contributed by atoms with Crippen molar-refractivity contribution in [3.05, 3.63) is 120 Å². The van der Waals surface area contributed by atoms with Gasteiger partial charge in [-0.1, -0.05) is 92.4 Å². The Morgan fingerprint density at radius 3 is 1.86 bits per heavy atom. The number of hydrogen-bond donors (Lipinski definition) is 1. The van der Waals surface area contributed by atoms with Crippen LogP contribution >= 0.6 is 0 Å². The largest absolute Gasteiger partial charge is 0.508 e. The zero-order chi connectivity index (χ0) is 19.8. The number of rotatable bonds is 8. The van der Waals surface area contributed by atoms with Crippen LogP contribution in [0.25, 0.3) is 5.57 Å². The lowest BCUT2D eigenvalue weighted by atomic mass is 9.97. The molecule has 0 aliphatic rings. The molecule has 3 aromatic rings. The fourth-order valence-electron chi connectivity index (χ4n) is 3.37. The van der Waals surface area contributed by atoms with Crippen LogP contribution in [0.1, 0.15) is 37.1 Å². The molecule has 0 saturated heterocycles. The van der Waals surface area contributed by atoms with E-state index in [1.54, 1.807) is 12.1 Å². The van der Waals surface area contributed by atoms with E-state index in [9.17, 15) is 5.11 Å². The second kappa shape index (κ2) is 11.0. The summed E-state index contributed by atoms with van der Waals surface area (Å²) in [5.74, 6) is 0.293. The Balaban J connectivity index is 0.00000300. The van der Waals surface area contributed by atoms with Crippen molar-refractivity contribution in [3.8, 4) is 5.75 Å². The number of phenolic OH excluding ortho intramolecular Hbond substituents is 1. The molecule has 0 radical (unpaired) electrons. The summed E-state index contributed by atoms with van der Waals surface area (Å²) in [6.07, 6.45) is 4.24. The summed E-state index contributed by atoms with van der Waals surface area (Å²) in [5, 5.41) is 9.57. The minimum atomic E-state index is 0. The minimum Gasteiger partial charge on any atom is -0.508 e. The molecule has 0 aromatic heterocycles. The molecule has 0 unspecified atom stereocenters. The van der Waals surface area contributed by atoms with Gasteiger partial charge in [-0.2, -0.15) is 0 Å². The van der Waals surface area contributed by atoms with Gasteiger partial charge in [0.25, 0.3) is 0 Å². The highest BCUT2D eigenvalue weighted by Gasteiger charge is 2.14. The van der Waals surface area contributed by atoms with Gasteiger partial charge in [-0.3, -0.25) is 4.90 Å². The summed E-state index contributed by atoms with van der Waals surface area (Å²) in [5.41, 5.74) is 4.83. The third kappa shape index (κ3) is 5.94. The van der Waals surface area contributed by atoms with Crippen molar-refractivity contribution >= 4 is 5.57 Å². The van der Waals surface area contributed by atoms with E-state index >= 15 is 0 Å². The maximum Gasteiger partial charge on any atom is 0.115 e. The van der Waals surface area contributed by atoms with Crippen LogP contribution in [0.15, 0.2) is 104 Å². The second-order valence-corrected chi connectivity index (χ2v) is 6.86. The first-order valence-corrected chi connectivity index (χ1v) is 9.64. The Kier molecular flexibility index (Phi) is 8.45. The Labute approximate surface area is 175 Å². The predicted octanol–water partition coefficient (Wildman–Crippen LogP) is 6.71. The SMILES string of the molecule is C.C=CCN(CC=C(c1ccccc1)c1ccccc1)[C@H](C)c1ccc(O)cc1. The van der Waals surface area contributed by atoms with Gasteiger partial charge in [-0.15, -0.1) is 6.58 Å². The molecule has 0 saturated carbocycles. The van der Waals surface area contributed by atoms with Crippen molar-refractivity contribution in [1.29, 1.82) is 0 Å². The van der Waals surface area contributed by atoms with Gasteiger partial charge in [0, 0.05) is 19.1 Å². The topological polar surface area (TPSA) is 23.5 Å². The van der Waals surface area contributed by atoms with Crippen LogP contribution in [-0.2, 0) is 0 Å². The average molecular weight is 386 g/mol. The molecular weight excluding hydrogens is 354 g/mol. The molecule has 0 amide bonds. The molecule has 150 valence electrons. The lowest BCUT2D eigenvalue weighted by Crippen LogP contribution is -2.27. The van der Waals surface area contributed by atoms with Crippen molar-refractivity contribution in [3.63, 3.8) is 0 Å². The molecule has 3 rings (SSSR count). The van der Waals surface area contributed by atoms with Gasteiger partial charge in [-0.25, -0.2) is 0 Å². The summed E-state index contributed by atoms with van der Waals surface area (Å²) < 4.78 is 0. The number of aromatic hydroxyl groups is 1. The maximum absolute atomic E-state index is 9.57. The van der Waals surface area contributed by atoms with Crippen LogP contribution in [0.2, 0.25) is 0 Å². The van der Waals surface area contributed by atoms with E-state index < -0.39 is 0 Å². The van der Waals surface area contributed by atoms with Gasteiger partial charge in [0.05, 0.1) is 0 Å². The standard InChI is InChI=1S/C26H27NO.CH4/c1-3-19-27(21(2)22-14-16-25(28)17-15-22)20-18-26(23-10-6-4-7-11-23)24-12-8-5-9-13-24;/h3-18,21,28H,1,19-20H2,2H3;1H4/t21-;/m1./s1. The van der Waals surface area contributed by atoms with E-state index in [1.807, 2.05) is 30.3 Å². The zero-order valence-electron chi connectivity index (χ0n) is 16.3. The molecule has 1 N–H and O–H groups in total. The molecule has 0 bridgehead atoms. The molecule has 2 nitrogen and oxygen atoms in total. The van der Waals surface area contributed by atoms with Crippen molar-refractivity contribution in [2.24, 2.45) is 0 Å². The first kappa shape index (κ1) is 22.2. The lowest BCUT2D eigenvalue weighted by Gasteiger charge is -2.27. The monoisotopic (exact) mass is 385 g/mol. The highest BCUT2D eigenvalue weighted by molar-refractivity contribution is 5.79. The van der Waals surface area contributed by atoms with Crippen LogP contribution in [0.4, 0.5) is 0 Å².